The number of rotatable bonds is 4. The molecule has 8 heteroatoms. The Labute approximate surface area is 165 Å². The highest BCUT2D eigenvalue weighted by molar-refractivity contribution is 5.95. The Hall–Kier alpha value is -3.03. The Kier molecular flexibility index (Phi) is 5.17. The zero-order valence-corrected chi connectivity index (χ0v) is 15.6. The van der Waals surface area contributed by atoms with Gasteiger partial charge >= 0.3 is 6.18 Å². The number of oxazole rings is 1. The molecule has 2 aromatic carbocycles. The number of fused-ring (bicyclic) bond motifs is 1. The van der Waals surface area contributed by atoms with Crippen LogP contribution in [-0.4, -0.2) is 30.5 Å². The molecule has 0 spiro atoms. The van der Waals surface area contributed by atoms with Gasteiger partial charge in [0.25, 0.3) is 11.9 Å². The van der Waals surface area contributed by atoms with Crippen molar-refractivity contribution in [2.75, 3.05) is 24.5 Å². The highest BCUT2D eigenvalue weighted by Gasteiger charge is 2.35. The number of para-hydroxylation sites is 2. The van der Waals surface area contributed by atoms with E-state index in [1.54, 1.807) is 0 Å². The number of nitrogens with zero attached hydrogens (tertiary/aromatic N) is 2. The second-order valence-electron chi connectivity index (χ2n) is 7.15. The summed E-state index contributed by atoms with van der Waals surface area (Å²) in [5.74, 6) is -0.503. The second kappa shape index (κ2) is 7.77. The van der Waals surface area contributed by atoms with E-state index >= 15 is 0 Å². The Morgan fingerprint density at radius 3 is 2.52 bits per heavy atom. The fourth-order valence-corrected chi connectivity index (χ4v) is 3.58. The number of carbonyl (C=O) groups is 1. The van der Waals surface area contributed by atoms with Gasteiger partial charge in [0.2, 0.25) is 0 Å². The number of halogens is 3. The van der Waals surface area contributed by atoms with Crippen molar-refractivity contribution in [3.05, 3.63) is 59.7 Å². The molecule has 1 fully saturated rings. The van der Waals surface area contributed by atoms with E-state index in [1.165, 1.54) is 18.2 Å². The van der Waals surface area contributed by atoms with Crippen LogP contribution in [0.4, 0.5) is 19.2 Å². The topological polar surface area (TPSA) is 58.4 Å². The molecular weight excluding hydrogens is 383 g/mol. The van der Waals surface area contributed by atoms with E-state index in [1.807, 2.05) is 24.3 Å². The fraction of sp³-hybridized carbons (Fsp3) is 0.333. The van der Waals surface area contributed by atoms with Gasteiger partial charge in [-0.05, 0) is 43.0 Å². The van der Waals surface area contributed by atoms with Crippen LogP contribution >= 0.6 is 0 Å². The summed E-state index contributed by atoms with van der Waals surface area (Å²) in [6.07, 6.45) is -2.97. The van der Waals surface area contributed by atoms with Gasteiger partial charge in [-0.3, -0.25) is 4.79 Å². The predicted molar refractivity (Wildman–Crippen MR) is 103 cm³/mol. The van der Waals surface area contributed by atoms with Crippen LogP contribution in [0.2, 0.25) is 0 Å². The van der Waals surface area contributed by atoms with Crippen molar-refractivity contribution in [2.45, 2.75) is 19.0 Å². The van der Waals surface area contributed by atoms with Gasteiger partial charge in [-0.15, -0.1) is 0 Å². The second-order valence-corrected chi connectivity index (χ2v) is 7.15. The lowest BCUT2D eigenvalue weighted by Gasteiger charge is -2.30. The normalized spacial score (nSPS) is 15.6. The summed E-state index contributed by atoms with van der Waals surface area (Å²) in [6, 6.07) is 13.0. The molecule has 1 amide bonds. The van der Waals surface area contributed by atoms with Crippen LogP contribution < -0.4 is 10.2 Å². The summed E-state index contributed by atoms with van der Waals surface area (Å²) in [5.41, 5.74) is 0.285. The average Bonchev–Trinajstić information content (AvgIpc) is 3.16. The van der Waals surface area contributed by atoms with Gasteiger partial charge in [0.1, 0.15) is 5.52 Å². The molecule has 1 aliphatic heterocycles. The van der Waals surface area contributed by atoms with Crippen LogP contribution in [0.5, 0.6) is 0 Å². The molecule has 0 unspecified atom stereocenters. The molecule has 152 valence electrons. The monoisotopic (exact) mass is 403 g/mol. The third-order valence-corrected chi connectivity index (χ3v) is 5.20. The van der Waals surface area contributed by atoms with Gasteiger partial charge in [-0.1, -0.05) is 24.3 Å². The number of amides is 1. The number of aromatic nitrogens is 1. The van der Waals surface area contributed by atoms with Crippen molar-refractivity contribution in [3.8, 4) is 0 Å². The number of benzene rings is 2. The van der Waals surface area contributed by atoms with Crippen molar-refractivity contribution in [1.82, 2.24) is 10.3 Å². The quantitative estimate of drug-likeness (QED) is 0.697. The molecule has 29 heavy (non-hydrogen) atoms. The molecule has 0 aliphatic carbocycles. The highest BCUT2D eigenvalue weighted by Crippen LogP contribution is 2.32. The molecule has 0 bridgehead atoms. The number of piperidine rings is 1. The van der Waals surface area contributed by atoms with Crippen molar-refractivity contribution >= 4 is 23.0 Å². The summed E-state index contributed by atoms with van der Waals surface area (Å²) < 4.78 is 45.0. The maximum absolute atomic E-state index is 13.1. The van der Waals surface area contributed by atoms with Crippen molar-refractivity contribution in [3.63, 3.8) is 0 Å². The maximum Gasteiger partial charge on any atom is 0.417 e. The molecule has 3 aromatic rings. The first-order chi connectivity index (χ1) is 13.9. The molecule has 2 heterocycles. The number of anilines is 1. The van der Waals surface area contributed by atoms with Crippen LogP contribution in [-0.2, 0) is 6.18 Å². The Balaban J connectivity index is 1.33. The Bertz CT molecular complexity index is 975. The first-order valence-corrected chi connectivity index (χ1v) is 9.47. The molecular formula is C21H20F3N3O2. The summed E-state index contributed by atoms with van der Waals surface area (Å²) in [5, 5.41) is 2.66. The number of nitrogens with one attached hydrogen (secondary N) is 1. The predicted octanol–water partition coefficient (Wildman–Crippen LogP) is 4.49. The van der Waals surface area contributed by atoms with Gasteiger partial charge in [-0.25, -0.2) is 0 Å². The standard InChI is InChI=1S/C21H20F3N3O2/c22-21(23,24)16-6-2-1-5-15(16)19(28)25-13-14-9-11-27(12-10-14)20-26-17-7-3-4-8-18(17)29-20/h1-8,14H,9-13H2,(H,25,28). The Morgan fingerprint density at radius 2 is 1.79 bits per heavy atom. The maximum atomic E-state index is 13.1. The van der Waals surface area contributed by atoms with Crippen molar-refractivity contribution in [2.24, 2.45) is 5.92 Å². The van der Waals surface area contributed by atoms with E-state index in [0.717, 1.165) is 30.0 Å². The fourth-order valence-electron chi connectivity index (χ4n) is 3.58. The first kappa shape index (κ1) is 19.3. The molecule has 1 aliphatic rings. The van der Waals surface area contributed by atoms with Crippen LogP contribution in [0.25, 0.3) is 11.1 Å². The van der Waals surface area contributed by atoms with Crippen LogP contribution in [0.15, 0.2) is 52.9 Å². The van der Waals surface area contributed by atoms with E-state index in [9.17, 15) is 18.0 Å². The summed E-state index contributed by atoms with van der Waals surface area (Å²) in [6.45, 7) is 1.77. The molecule has 1 aromatic heterocycles. The zero-order chi connectivity index (χ0) is 20.4. The van der Waals surface area contributed by atoms with E-state index < -0.39 is 17.6 Å². The van der Waals surface area contributed by atoms with Gasteiger partial charge in [0.05, 0.1) is 11.1 Å². The lowest BCUT2D eigenvalue weighted by atomic mass is 9.96. The summed E-state index contributed by atoms with van der Waals surface area (Å²) in [7, 11) is 0. The highest BCUT2D eigenvalue weighted by atomic mass is 19.4. The summed E-state index contributed by atoms with van der Waals surface area (Å²) >= 11 is 0. The van der Waals surface area contributed by atoms with Gasteiger partial charge in [0.15, 0.2) is 5.58 Å². The lowest BCUT2D eigenvalue weighted by Crippen LogP contribution is -2.39. The minimum absolute atomic E-state index is 0.192. The third kappa shape index (κ3) is 4.21. The van der Waals surface area contributed by atoms with Gasteiger partial charge < -0.3 is 14.6 Å². The van der Waals surface area contributed by atoms with Crippen molar-refractivity contribution in [1.29, 1.82) is 0 Å². The largest absolute Gasteiger partial charge is 0.423 e. The van der Waals surface area contributed by atoms with E-state index in [4.69, 9.17) is 4.42 Å². The van der Waals surface area contributed by atoms with Gasteiger partial charge in [0, 0.05) is 19.6 Å². The molecule has 5 nitrogen and oxygen atoms in total. The van der Waals surface area contributed by atoms with Crippen molar-refractivity contribution < 1.29 is 22.4 Å². The average molecular weight is 403 g/mol. The molecule has 1 saturated heterocycles. The molecule has 0 atom stereocenters. The van der Waals surface area contributed by atoms with Crippen LogP contribution in [0.1, 0.15) is 28.8 Å². The third-order valence-electron chi connectivity index (χ3n) is 5.20. The Morgan fingerprint density at radius 1 is 1.10 bits per heavy atom. The SMILES string of the molecule is O=C(NCC1CCN(c2nc3ccccc3o2)CC1)c1ccccc1C(F)(F)F. The molecule has 0 radical (unpaired) electrons. The lowest BCUT2D eigenvalue weighted by molar-refractivity contribution is -0.137. The minimum Gasteiger partial charge on any atom is -0.423 e. The number of carbonyl (C=O) groups excluding carboxylic acids is 1. The van der Waals surface area contributed by atoms with Crippen LogP contribution in [0.3, 0.4) is 0 Å². The molecule has 1 N–H and O–H groups in total. The number of alkyl halides is 3. The molecule has 0 saturated carbocycles. The smallest absolute Gasteiger partial charge is 0.417 e. The zero-order valence-electron chi connectivity index (χ0n) is 15.6. The van der Waals surface area contributed by atoms with E-state index in [0.29, 0.717) is 25.6 Å². The van der Waals surface area contributed by atoms with Crippen LogP contribution in [0, 0.1) is 5.92 Å². The van der Waals surface area contributed by atoms with E-state index in [2.05, 4.69) is 15.2 Å². The first-order valence-electron chi connectivity index (χ1n) is 9.47. The summed E-state index contributed by atoms with van der Waals surface area (Å²) in [4.78, 5) is 18.8. The van der Waals surface area contributed by atoms with Gasteiger partial charge in [-0.2, -0.15) is 18.2 Å². The minimum atomic E-state index is -4.56. The number of hydrogen-bond donors (Lipinski definition) is 1. The molecule has 4 rings (SSSR count). The van der Waals surface area contributed by atoms with E-state index in [-0.39, 0.29) is 11.5 Å². The number of hydrogen-bond acceptors (Lipinski definition) is 4.